The van der Waals surface area contributed by atoms with Gasteiger partial charge in [-0.25, -0.2) is 4.79 Å². The molecule has 1 fully saturated rings. The fourth-order valence-electron chi connectivity index (χ4n) is 3.38. The highest BCUT2D eigenvalue weighted by Gasteiger charge is 2.43. The molecule has 2 aromatic heterocycles. The average molecular weight is 400 g/mol. The number of benzene rings is 1. The highest BCUT2D eigenvalue weighted by molar-refractivity contribution is 5.84. The first-order valence-corrected chi connectivity index (χ1v) is 9.03. The van der Waals surface area contributed by atoms with Crippen molar-refractivity contribution in [2.45, 2.75) is 30.6 Å². The van der Waals surface area contributed by atoms with E-state index in [-0.39, 0.29) is 0 Å². The van der Waals surface area contributed by atoms with Gasteiger partial charge in [0.1, 0.15) is 29.9 Å². The van der Waals surface area contributed by atoms with Gasteiger partial charge in [-0.3, -0.25) is 4.98 Å². The molecule has 1 aliphatic rings. The maximum absolute atomic E-state index is 12.4. The Hall–Kier alpha value is -2.82. The molecule has 0 amide bonds. The normalized spacial score (nSPS) is 27.1. The summed E-state index contributed by atoms with van der Waals surface area (Å²) in [6.07, 6.45) is -2.12. The number of hydrogen-bond acceptors (Lipinski definition) is 9. The number of ether oxygens (including phenoxy) is 1. The highest BCUT2D eigenvalue weighted by Crippen LogP contribution is 2.26. The summed E-state index contributed by atoms with van der Waals surface area (Å²) < 4.78 is 10.6. The van der Waals surface area contributed by atoms with E-state index >= 15 is 0 Å². The minimum atomic E-state index is -1.46. The van der Waals surface area contributed by atoms with Crippen molar-refractivity contribution in [2.75, 3.05) is 11.9 Å². The van der Waals surface area contributed by atoms with Gasteiger partial charge in [-0.15, -0.1) is 0 Å². The lowest BCUT2D eigenvalue weighted by Gasteiger charge is -2.40. The van der Waals surface area contributed by atoms with Crippen LogP contribution in [0.1, 0.15) is 0 Å². The third-order valence-corrected chi connectivity index (χ3v) is 4.96. The van der Waals surface area contributed by atoms with Crippen molar-refractivity contribution in [3.8, 4) is 11.1 Å². The van der Waals surface area contributed by atoms with Crippen LogP contribution in [-0.4, -0.2) is 62.7 Å². The maximum atomic E-state index is 12.4. The molecule has 0 spiro atoms. The number of pyridine rings is 1. The molecular formula is C20H20N2O7. The minimum absolute atomic E-state index is 0.312. The lowest BCUT2D eigenvalue weighted by atomic mass is 9.97. The van der Waals surface area contributed by atoms with E-state index in [1.165, 1.54) is 0 Å². The number of nitrogens with zero attached hydrogens (tertiary/aromatic N) is 1. The van der Waals surface area contributed by atoms with E-state index < -0.39 is 42.9 Å². The van der Waals surface area contributed by atoms with Gasteiger partial charge in [0, 0.05) is 29.5 Å². The van der Waals surface area contributed by atoms with Crippen molar-refractivity contribution in [1.29, 1.82) is 0 Å². The van der Waals surface area contributed by atoms with Crippen molar-refractivity contribution in [1.82, 2.24) is 4.98 Å². The SMILES string of the molecule is O=c1oc2cc(NC3C(O)OC(CO)[C@H](O)[C@H]3O)ccc2cc1-c1ccncc1. The highest BCUT2D eigenvalue weighted by atomic mass is 16.6. The predicted molar refractivity (Wildman–Crippen MR) is 103 cm³/mol. The van der Waals surface area contributed by atoms with Gasteiger partial charge in [0.25, 0.3) is 0 Å². The molecule has 1 saturated heterocycles. The van der Waals surface area contributed by atoms with E-state index in [0.29, 0.717) is 27.8 Å². The van der Waals surface area contributed by atoms with Crippen molar-refractivity contribution in [3.05, 3.63) is 59.2 Å². The van der Waals surface area contributed by atoms with Gasteiger partial charge in [0.2, 0.25) is 0 Å². The van der Waals surface area contributed by atoms with Crippen LogP contribution in [0, 0.1) is 0 Å². The summed E-state index contributed by atoms with van der Waals surface area (Å²) in [5, 5.41) is 43.1. The molecule has 29 heavy (non-hydrogen) atoms. The first-order valence-electron chi connectivity index (χ1n) is 9.03. The van der Waals surface area contributed by atoms with Gasteiger partial charge in [0.05, 0.1) is 12.2 Å². The lowest BCUT2D eigenvalue weighted by molar-refractivity contribution is -0.245. The van der Waals surface area contributed by atoms with Crippen LogP contribution in [0.25, 0.3) is 22.1 Å². The van der Waals surface area contributed by atoms with Crippen LogP contribution < -0.4 is 10.9 Å². The zero-order valence-electron chi connectivity index (χ0n) is 15.2. The first kappa shape index (κ1) is 19.5. The molecule has 5 N–H and O–H groups in total. The van der Waals surface area contributed by atoms with Crippen LogP contribution in [0.2, 0.25) is 0 Å². The number of aliphatic hydroxyl groups is 4. The molecule has 9 nitrogen and oxygen atoms in total. The van der Waals surface area contributed by atoms with E-state index in [4.69, 9.17) is 14.3 Å². The number of rotatable bonds is 4. The van der Waals surface area contributed by atoms with E-state index in [2.05, 4.69) is 10.3 Å². The Bertz CT molecular complexity index is 1060. The monoisotopic (exact) mass is 400 g/mol. The Morgan fingerprint density at radius 3 is 2.52 bits per heavy atom. The molecule has 3 aromatic rings. The van der Waals surface area contributed by atoms with Crippen LogP contribution in [0.4, 0.5) is 5.69 Å². The summed E-state index contributed by atoms with van der Waals surface area (Å²) in [6.45, 7) is -0.539. The lowest BCUT2D eigenvalue weighted by Crippen LogP contribution is -2.61. The van der Waals surface area contributed by atoms with Crippen molar-refractivity contribution in [2.24, 2.45) is 0 Å². The summed E-state index contributed by atoms with van der Waals surface area (Å²) >= 11 is 0. The van der Waals surface area contributed by atoms with Crippen molar-refractivity contribution >= 4 is 16.7 Å². The maximum Gasteiger partial charge on any atom is 0.344 e. The largest absolute Gasteiger partial charge is 0.422 e. The molecule has 0 aliphatic carbocycles. The van der Waals surface area contributed by atoms with Gasteiger partial charge in [0.15, 0.2) is 6.29 Å². The number of anilines is 1. The number of hydrogen-bond donors (Lipinski definition) is 5. The standard InChI is InChI=1S/C20H20N2O7/c23-9-15-17(24)18(25)16(20(27)29-15)22-12-2-1-11-7-13(10-3-5-21-6-4-10)19(26)28-14(11)8-12/h1-8,15-18,20,22-25,27H,9H2/t15?,16?,17-,18-,20?/m0/s1. The van der Waals surface area contributed by atoms with Crippen LogP contribution in [-0.2, 0) is 4.74 Å². The summed E-state index contributed by atoms with van der Waals surface area (Å²) in [6, 6.07) is 9.05. The molecule has 4 rings (SSSR count). The zero-order valence-corrected chi connectivity index (χ0v) is 15.2. The second kappa shape index (κ2) is 7.90. The summed E-state index contributed by atoms with van der Waals surface area (Å²) in [5.41, 5.74) is 1.34. The molecule has 5 atom stereocenters. The molecular weight excluding hydrogens is 380 g/mol. The molecule has 1 aliphatic heterocycles. The summed E-state index contributed by atoms with van der Waals surface area (Å²) in [5.74, 6) is 0. The Morgan fingerprint density at radius 1 is 1.03 bits per heavy atom. The second-order valence-corrected chi connectivity index (χ2v) is 6.84. The van der Waals surface area contributed by atoms with Crippen molar-refractivity contribution in [3.63, 3.8) is 0 Å². The molecule has 152 valence electrons. The molecule has 0 radical (unpaired) electrons. The Labute approximate surface area is 164 Å². The van der Waals surface area contributed by atoms with E-state index in [9.17, 15) is 20.1 Å². The first-order chi connectivity index (χ1) is 14.0. The molecule has 3 unspecified atom stereocenters. The fraction of sp³-hybridized carbons (Fsp3) is 0.300. The molecule has 1 aromatic carbocycles. The summed E-state index contributed by atoms with van der Waals surface area (Å²) in [7, 11) is 0. The fourth-order valence-corrected chi connectivity index (χ4v) is 3.38. The van der Waals surface area contributed by atoms with Crippen LogP contribution in [0.3, 0.4) is 0 Å². The molecule has 0 saturated carbocycles. The Kier molecular flexibility index (Phi) is 5.31. The number of aliphatic hydroxyl groups excluding tert-OH is 4. The second-order valence-electron chi connectivity index (χ2n) is 6.84. The van der Waals surface area contributed by atoms with Crippen LogP contribution >= 0.6 is 0 Å². The molecule has 3 heterocycles. The van der Waals surface area contributed by atoms with Gasteiger partial charge < -0.3 is 34.9 Å². The predicted octanol–water partition coefficient (Wildman–Crippen LogP) is 0.0668. The van der Waals surface area contributed by atoms with E-state index in [0.717, 1.165) is 0 Å². The number of aromatic nitrogens is 1. The van der Waals surface area contributed by atoms with E-state index in [1.54, 1.807) is 48.8 Å². The Balaban J connectivity index is 1.62. The number of fused-ring (bicyclic) bond motifs is 1. The van der Waals surface area contributed by atoms with Crippen LogP contribution in [0.15, 0.2) is 58.0 Å². The smallest absolute Gasteiger partial charge is 0.344 e. The molecule has 9 heteroatoms. The van der Waals surface area contributed by atoms with Gasteiger partial charge in [-0.2, -0.15) is 0 Å². The van der Waals surface area contributed by atoms with Gasteiger partial charge in [-0.05, 0) is 35.9 Å². The van der Waals surface area contributed by atoms with Gasteiger partial charge >= 0.3 is 5.63 Å². The Morgan fingerprint density at radius 2 is 1.79 bits per heavy atom. The van der Waals surface area contributed by atoms with Crippen LogP contribution in [0.5, 0.6) is 0 Å². The topological polar surface area (TPSA) is 145 Å². The third-order valence-electron chi connectivity index (χ3n) is 4.96. The average Bonchev–Trinajstić information content (AvgIpc) is 2.73. The minimum Gasteiger partial charge on any atom is -0.422 e. The van der Waals surface area contributed by atoms with Gasteiger partial charge in [-0.1, -0.05) is 0 Å². The third kappa shape index (κ3) is 3.74. The summed E-state index contributed by atoms with van der Waals surface area (Å²) in [4.78, 5) is 16.3. The van der Waals surface area contributed by atoms with E-state index in [1.807, 2.05) is 0 Å². The zero-order chi connectivity index (χ0) is 20.5. The number of nitrogens with one attached hydrogen (secondary N) is 1. The quantitative estimate of drug-likeness (QED) is 0.384. The van der Waals surface area contributed by atoms with Crippen molar-refractivity contribution < 1.29 is 29.6 Å². The molecule has 0 bridgehead atoms.